The maximum absolute atomic E-state index is 13.0. The van der Waals surface area contributed by atoms with Gasteiger partial charge in [0.15, 0.2) is 5.82 Å². The average Bonchev–Trinajstić information content (AvgIpc) is 2.66. The highest BCUT2D eigenvalue weighted by Crippen LogP contribution is 2.07. The van der Waals surface area contributed by atoms with Crippen LogP contribution < -0.4 is 0 Å². The van der Waals surface area contributed by atoms with Gasteiger partial charge in [0.05, 0.1) is 5.56 Å². The minimum atomic E-state index is -0.849. The Morgan fingerprint density at radius 3 is 2.47 bits per heavy atom. The van der Waals surface area contributed by atoms with Gasteiger partial charge in [0.1, 0.15) is 19.2 Å². The van der Waals surface area contributed by atoms with Gasteiger partial charge in [0, 0.05) is 0 Å². The van der Waals surface area contributed by atoms with Crippen LogP contribution in [-0.4, -0.2) is 24.7 Å². The summed E-state index contributed by atoms with van der Waals surface area (Å²) in [6.45, 7) is 1.37. The number of halogens is 2. The third-order valence-corrected chi connectivity index (χ3v) is 1.84. The first-order valence-corrected chi connectivity index (χ1v) is 4.17. The third kappa shape index (κ3) is 1.95. The lowest BCUT2D eigenvalue weighted by atomic mass is 10.3. The van der Waals surface area contributed by atoms with Crippen molar-refractivity contribution in [3.05, 3.63) is 35.9 Å². The van der Waals surface area contributed by atoms with Gasteiger partial charge in [-0.25, -0.2) is 19.6 Å². The summed E-state index contributed by atoms with van der Waals surface area (Å²) in [7, 11) is 0. The molecule has 2 aromatic rings. The molecule has 0 atom stereocenters. The molecule has 7 heteroatoms. The molecule has 2 aromatic heterocycles. The smallest absolute Gasteiger partial charge is 0.222 e. The highest BCUT2D eigenvalue weighted by molar-refractivity contribution is 5.07. The maximum Gasteiger partial charge on any atom is 0.222 e. The standard InChI is InChI=1S/C8H7F2N5/c1-5-7(9)13-6(14-8(5)10)2-15-4-11-3-12-15/h3-4H,2H2,1H3. The second-order valence-electron chi connectivity index (χ2n) is 2.94. The first kappa shape index (κ1) is 9.63. The first-order valence-electron chi connectivity index (χ1n) is 4.17. The van der Waals surface area contributed by atoms with Gasteiger partial charge in [-0.15, -0.1) is 0 Å². The molecule has 0 aliphatic rings. The van der Waals surface area contributed by atoms with Crippen molar-refractivity contribution in [1.82, 2.24) is 24.7 Å². The Hall–Kier alpha value is -1.92. The van der Waals surface area contributed by atoms with Crippen molar-refractivity contribution < 1.29 is 8.78 Å². The van der Waals surface area contributed by atoms with E-state index in [0.717, 1.165) is 0 Å². The zero-order valence-corrected chi connectivity index (χ0v) is 7.85. The van der Waals surface area contributed by atoms with Crippen molar-refractivity contribution in [2.45, 2.75) is 13.5 Å². The largest absolute Gasteiger partial charge is 0.245 e. The third-order valence-electron chi connectivity index (χ3n) is 1.84. The molecular weight excluding hydrogens is 204 g/mol. The lowest BCUT2D eigenvalue weighted by Gasteiger charge is -2.02. The van der Waals surface area contributed by atoms with Gasteiger partial charge >= 0.3 is 0 Å². The van der Waals surface area contributed by atoms with Gasteiger partial charge in [-0.05, 0) is 6.92 Å². The van der Waals surface area contributed by atoms with E-state index in [2.05, 4.69) is 20.1 Å². The number of nitrogens with zero attached hydrogens (tertiary/aromatic N) is 5. The molecule has 2 rings (SSSR count). The summed E-state index contributed by atoms with van der Waals surface area (Å²) in [6, 6.07) is 0. The van der Waals surface area contributed by atoms with Crippen LogP contribution in [0, 0.1) is 18.8 Å². The van der Waals surface area contributed by atoms with Crippen LogP contribution in [0.25, 0.3) is 0 Å². The fourth-order valence-electron chi connectivity index (χ4n) is 1.03. The minimum Gasteiger partial charge on any atom is -0.245 e. The van der Waals surface area contributed by atoms with Gasteiger partial charge in [0.25, 0.3) is 0 Å². The molecule has 0 spiro atoms. The molecule has 0 radical (unpaired) electrons. The second-order valence-corrected chi connectivity index (χ2v) is 2.94. The van der Waals surface area contributed by atoms with E-state index >= 15 is 0 Å². The van der Waals surface area contributed by atoms with E-state index in [-0.39, 0.29) is 17.9 Å². The second kappa shape index (κ2) is 3.68. The van der Waals surface area contributed by atoms with E-state index in [1.54, 1.807) is 0 Å². The molecule has 0 aliphatic heterocycles. The number of rotatable bonds is 2. The summed E-state index contributed by atoms with van der Waals surface area (Å²) < 4.78 is 27.4. The molecule has 5 nitrogen and oxygen atoms in total. The Bertz CT molecular complexity index is 445. The number of aromatic nitrogens is 5. The topological polar surface area (TPSA) is 56.5 Å². The van der Waals surface area contributed by atoms with Crippen molar-refractivity contribution in [3.8, 4) is 0 Å². The van der Waals surface area contributed by atoms with Crippen LogP contribution in [0.3, 0.4) is 0 Å². The Morgan fingerprint density at radius 2 is 1.93 bits per heavy atom. The van der Waals surface area contributed by atoms with Crippen molar-refractivity contribution in [2.75, 3.05) is 0 Å². The molecule has 0 saturated heterocycles. The molecule has 2 heterocycles. The van der Waals surface area contributed by atoms with Gasteiger partial charge < -0.3 is 0 Å². The highest BCUT2D eigenvalue weighted by atomic mass is 19.1. The zero-order chi connectivity index (χ0) is 10.8. The van der Waals surface area contributed by atoms with Gasteiger partial charge in [-0.2, -0.15) is 13.9 Å². The Kier molecular flexibility index (Phi) is 2.36. The molecule has 0 aromatic carbocycles. The van der Waals surface area contributed by atoms with Crippen LogP contribution in [0.15, 0.2) is 12.7 Å². The molecule has 0 saturated carbocycles. The van der Waals surface area contributed by atoms with Crippen molar-refractivity contribution in [1.29, 1.82) is 0 Å². The minimum absolute atomic E-state index is 0.0288. The molecule has 0 amide bonds. The fraction of sp³-hybridized carbons (Fsp3) is 0.250. The highest BCUT2D eigenvalue weighted by Gasteiger charge is 2.10. The molecule has 15 heavy (non-hydrogen) atoms. The first-order chi connectivity index (χ1) is 7.16. The SMILES string of the molecule is Cc1c(F)nc(Cn2cncn2)nc1F. The van der Waals surface area contributed by atoms with E-state index in [4.69, 9.17) is 0 Å². The normalized spacial score (nSPS) is 10.6. The summed E-state index contributed by atoms with van der Waals surface area (Å²) in [6.07, 6.45) is 2.74. The van der Waals surface area contributed by atoms with Crippen LogP contribution in [0.5, 0.6) is 0 Å². The molecule has 0 bridgehead atoms. The Morgan fingerprint density at radius 1 is 1.27 bits per heavy atom. The predicted molar refractivity (Wildman–Crippen MR) is 45.8 cm³/mol. The van der Waals surface area contributed by atoms with E-state index < -0.39 is 11.9 Å². The van der Waals surface area contributed by atoms with Crippen LogP contribution in [-0.2, 0) is 6.54 Å². The van der Waals surface area contributed by atoms with Crippen molar-refractivity contribution in [2.24, 2.45) is 0 Å². The van der Waals surface area contributed by atoms with E-state index in [1.807, 2.05) is 0 Å². The Labute approximate surface area is 83.8 Å². The lowest BCUT2D eigenvalue weighted by Crippen LogP contribution is -2.09. The summed E-state index contributed by atoms with van der Waals surface area (Å²) in [4.78, 5) is 10.7. The fourth-order valence-corrected chi connectivity index (χ4v) is 1.03. The summed E-state index contributed by atoms with van der Waals surface area (Å²) >= 11 is 0. The van der Waals surface area contributed by atoms with Gasteiger partial charge in [0.2, 0.25) is 11.9 Å². The van der Waals surface area contributed by atoms with Gasteiger partial charge in [-0.1, -0.05) is 0 Å². The van der Waals surface area contributed by atoms with Crippen molar-refractivity contribution in [3.63, 3.8) is 0 Å². The molecule has 0 fully saturated rings. The van der Waals surface area contributed by atoms with Crippen LogP contribution in [0.4, 0.5) is 8.78 Å². The quantitative estimate of drug-likeness (QED) is 0.686. The summed E-state index contributed by atoms with van der Waals surface area (Å²) in [5, 5.41) is 3.77. The van der Waals surface area contributed by atoms with Crippen molar-refractivity contribution >= 4 is 0 Å². The van der Waals surface area contributed by atoms with Crippen LogP contribution >= 0.6 is 0 Å². The molecular formula is C8H7F2N5. The zero-order valence-electron chi connectivity index (χ0n) is 7.85. The maximum atomic E-state index is 13.0. The van der Waals surface area contributed by atoms with E-state index in [9.17, 15) is 8.78 Å². The monoisotopic (exact) mass is 211 g/mol. The summed E-state index contributed by atoms with van der Waals surface area (Å²) in [5.74, 6) is -1.67. The van der Waals surface area contributed by atoms with Crippen LogP contribution in [0.1, 0.15) is 11.4 Å². The van der Waals surface area contributed by atoms with E-state index in [0.29, 0.717) is 0 Å². The number of hydrogen-bond acceptors (Lipinski definition) is 4. The lowest BCUT2D eigenvalue weighted by molar-refractivity contribution is 0.489. The molecule has 78 valence electrons. The average molecular weight is 211 g/mol. The molecule has 0 aliphatic carbocycles. The van der Waals surface area contributed by atoms with Gasteiger partial charge in [-0.3, -0.25) is 0 Å². The van der Waals surface area contributed by atoms with E-state index in [1.165, 1.54) is 24.3 Å². The van der Waals surface area contributed by atoms with Crippen LogP contribution in [0.2, 0.25) is 0 Å². The Balaban J connectivity index is 2.30. The number of hydrogen-bond donors (Lipinski definition) is 0. The predicted octanol–water partition coefficient (Wildman–Crippen LogP) is 0.703. The molecule has 0 unspecified atom stereocenters. The molecule has 0 N–H and O–H groups in total. The summed E-state index contributed by atoms with van der Waals surface area (Å²) in [5.41, 5.74) is -0.183.